The number of nitrogens with one attached hydrogen (secondary N) is 1. The van der Waals surface area contributed by atoms with Gasteiger partial charge in [0.25, 0.3) is 21.9 Å². The zero-order valence-electron chi connectivity index (χ0n) is 10.6. The summed E-state index contributed by atoms with van der Waals surface area (Å²) >= 11 is 0. The van der Waals surface area contributed by atoms with E-state index in [2.05, 4.69) is 20.6 Å². The summed E-state index contributed by atoms with van der Waals surface area (Å²) in [5, 5.41) is 12.7. The third-order valence-electron chi connectivity index (χ3n) is 2.85. The van der Waals surface area contributed by atoms with E-state index in [4.69, 9.17) is 0 Å². The topological polar surface area (TPSA) is 115 Å². The number of carbonyl (C=O) groups excluding carboxylic acids is 1. The van der Waals surface area contributed by atoms with Crippen LogP contribution in [-0.2, 0) is 10.2 Å². The monoisotopic (exact) mass is 289 g/mol. The number of aromatic nitrogens is 4. The average Bonchev–Trinajstić information content (AvgIpc) is 2.91. The number of nitrogens with zero attached hydrogens (tertiary/aromatic N) is 6. The maximum absolute atomic E-state index is 11.9. The van der Waals surface area contributed by atoms with Gasteiger partial charge in [-0.1, -0.05) is 0 Å². The number of aromatic amines is 1. The summed E-state index contributed by atoms with van der Waals surface area (Å²) in [7, 11) is -0.467. The van der Waals surface area contributed by atoms with Crippen LogP contribution >= 0.6 is 0 Å². The normalized spacial score (nSPS) is 17.9. The van der Waals surface area contributed by atoms with Gasteiger partial charge in [0.05, 0.1) is 0 Å². The predicted octanol–water partition coefficient (Wildman–Crippen LogP) is -2.24. The van der Waals surface area contributed by atoms with Crippen molar-refractivity contribution in [3.05, 3.63) is 5.82 Å². The van der Waals surface area contributed by atoms with Gasteiger partial charge in [-0.2, -0.15) is 22.2 Å². The van der Waals surface area contributed by atoms with Crippen LogP contribution in [0.15, 0.2) is 0 Å². The SMILES string of the molecule is CN(C)S(=O)(=O)N1CCN(C(=O)c2nn[nH]n2)CC1. The van der Waals surface area contributed by atoms with Gasteiger partial charge < -0.3 is 4.90 Å². The lowest BCUT2D eigenvalue weighted by atomic mass is 10.3. The molecule has 0 saturated carbocycles. The summed E-state index contributed by atoms with van der Waals surface area (Å²) in [6.07, 6.45) is 0. The van der Waals surface area contributed by atoms with Gasteiger partial charge in [0, 0.05) is 40.3 Å². The van der Waals surface area contributed by atoms with E-state index < -0.39 is 10.2 Å². The summed E-state index contributed by atoms with van der Waals surface area (Å²) in [5.41, 5.74) is 0. The van der Waals surface area contributed by atoms with Crippen LogP contribution in [-0.4, -0.2) is 88.7 Å². The minimum atomic E-state index is -3.42. The van der Waals surface area contributed by atoms with Crippen LogP contribution in [0.2, 0.25) is 0 Å². The lowest BCUT2D eigenvalue weighted by Crippen LogP contribution is -2.53. The Hall–Kier alpha value is -1.59. The lowest BCUT2D eigenvalue weighted by Gasteiger charge is -2.34. The molecular formula is C8H15N7O3S. The Morgan fingerprint density at radius 2 is 1.89 bits per heavy atom. The van der Waals surface area contributed by atoms with Crippen LogP contribution < -0.4 is 0 Å². The molecule has 1 N–H and O–H groups in total. The Morgan fingerprint density at radius 3 is 2.37 bits per heavy atom. The fourth-order valence-electron chi connectivity index (χ4n) is 1.75. The Balaban J connectivity index is 1.98. The highest BCUT2D eigenvalue weighted by Crippen LogP contribution is 2.10. The van der Waals surface area contributed by atoms with Crippen molar-refractivity contribution in [2.24, 2.45) is 0 Å². The summed E-state index contributed by atoms with van der Waals surface area (Å²) < 4.78 is 26.3. The molecule has 0 aliphatic carbocycles. The average molecular weight is 289 g/mol. The van der Waals surface area contributed by atoms with E-state index in [1.807, 2.05) is 0 Å². The molecule has 1 aromatic heterocycles. The van der Waals surface area contributed by atoms with Crippen LogP contribution in [0.4, 0.5) is 0 Å². The van der Waals surface area contributed by atoms with Gasteiger partial charge in [0.2, 0.25) is 0 Å². The van der Waals surface area contributed by atoms with Crippen molar-refractivity contribution >= 4 is 16.1 Å². The quantitative estimate of drug-likeness (QED) is 0.673. The lowest BCUT2D eigenvalue weighted by molar-refractivity contribution is 0.0683. The number of carbonyl (C=O) groups is 1. The summed E-state index contributed by atoms with van der Waals surface area (Å²) in [5.74, 6) is -0.362. The third-order valence-corrected chi connectivity index (χ3v) is 4.79. The molecule has 0 aromatic carbocycles. The number of amides is 1. The van der Waals surface area contributed by atoms with Crippen LogP contribution in [0, 0.1) is 0 Å². The molecule has 19 heavy (non-hydrogen) atoms. The second kappa shape index (κ2) is 5.19. The highest BCUT2D eigenvalue weighted by molar-refractivity contribution is 7.86. The van der Waals surface area contributed by atoms with Gasteiger partial charge in [0.15, 0.2) is 0 Å². The first-order valence-electron chi connectivity index (χ1n) is 5.63. The van der Waals surface area contributed by atoms with Crippen LogP contribution in [0.1, 0.15) is 10.6 Å². The second-order valence-corrected chi connectivity index (χ2v) is 6.36. The van der Waals surface area contributed by atoms with E-state index >= 15 is 0 Å². The molecule has 106 valence electrons. The second-order valence-electron chi connectivity index (χ2n) is 4.22. The van der Waals surface area contributed by atoms with E-state index in [9.17, 15) is 13.2 Å². The number of piperazine rings is 1. The molecule has 1 amide bonds. The number of hydrogen-bond donors (Lipinski definition) is 1. The molecule has 10 nitrogen and oxygen atoms in total. The third kappa shape index (κ3) is 2.72. The van der Waals surface area contributed by atoms with Crippen molar-refractivity contribution < 1.29 is 13.2 Å². The van der Waals surface area contributed by atoms with Crippen molar-refractivity contribution in [3.63, 3.8) is 0 Å². The molecule has 0 unspecified atom stereocenters. The molecule has 0 bridgehead atoms. The highest BCUT2D eigenvalue weighted by atomic mass is 32.2. The molecule has 11 heteroatoms. The van der Waals surface area contributed by atoms with E-state index in [1.54, 1.807) is 0 Å². The summed E-state index contributed by atoms with van der Waals surface area (Å²) in [4.78, 5) is 13.4. The fourth-order valence-corrected chi connectivity index (χ4v) is 2.83. The molecule has 0 spiro atoms. The number of tetrazole rings is 1. The van der Waals surface area contributed by atoms with E-state index in [0.717, 1.165) is 4.31 Å². The summed E-state index contributed by atoms with van der Waals surface area (Å²) in [6.45, 7) is 1.12. The van der Waals surface area contributed by atoms with Crippen molar-refractivity contribution in [2.45, 2.75) is 0 Å². The fraction of sp³-hybridized carbons (Fsp3) is 0.750. The molecule has 2 rings (SSSR count). The van der Waals surface area contributed by atoms with Crippen molar-refractivity contribution in [1.29, 1.82) is 0 Å². The van der Waals surface area contributed by atoms with Crippen molar-refractivity contribution in [2.75, 3.05) is 40.3 Å². The highest BCUT2D eigenvalue weighted by Gasteiger charge is 2.31. The van der Waals surface area contributed by atoms with Gasteiger partial charge in [0.1, 0.15) is 0 Å². The van der Waals surface area contributed by atoms with Crippen LogP contribution in [0.3, 0.4) is 0 Å². The van der Waals surface area contributed by atoms with E-state index in [-0.39, 0.29) is 24.8 Å². The number of H-pyrrole nitrogens is 1. The maximum atomic E-state index is 11.9. The van der Waals surface area contributed by atoms with Crippen molar-refractivity contribution in [1.82, 2.24) is 34.1 Å². The van der Waals surface area contributed by atoms with Crippen LogP contribution in [0.5, 0.6) is 0 Å². The van der Waals surface area contributed by atoms with Gasteiger partial charge in [-0.05, 0) is 5.21 Å². The van der Waals surface area contributed by atoms with Crippen molar-refractivity contribution in [3.8, 4) is 0 Å². The number of rotatable bonds is 3. The minimum absolute atomic E-state index is 0.0103. The zero-order chi connectivity index (χ0) is 14.0. The molecule has 1 aromatic rings. The van der Waals surface area contributed by atoms with E-state index in [1.165, 1.54) is 23.3 Å². The minimum Gasteiger partial charge on any atom is -0.333 e. The Morgan fingerprint density at radius 1 is 1.26 bits per heavy atom. The zero-order valence-corrected chi connectivity index (χ0v) is 11.5. The Kier molecular flexibility index (Phi) is 3.78. The maximum Gasteiger partial charge on any atom is 0.295 e. The Labute approximate surface area is 110 Å². The molecule has 1 fully saturated rings. The summed E-state index contributed by atoms with van der Waals surface area (Å²) in [6, 6.07) is 0. The van der Waals surface area contributed by atoms with Crippen LogP contribution in [0.25, 0.3) is 0 Å². The predicted molar refractivity (Wildman–Crippen MR) is 64.3 cm³/mol. The number of hydrogen-bond acceptors (Lipinski definition) is 6. The van der Waals surface area contributed by atoms with Gasteiger partial charge in [-0.25, -0.2) is 0 Å². The van der Waals surface area contributed by atoms with E-state index in [0.29, 0.717) is 13.1 Å². The smallest absolute Gasteiger partial charge is 0.295 e. The van der Waals surface area contributed by atoms with Gasteiger partial charge in [-0.3, -0.25) is 4.79 Å². The van der Waals surface area contributed by atoms with Gasteiger partial charge >= 0.3 is 0 Å². The first-order valence-corrected chi connectivity index (χ1v) is 7.03. The molecular weight excluding hydrogens is 274 g/mol. The standard InChI is InChI=1S/C8H15N7O3S/c1-13(2)19(17,18)15-5-3-14(4-6-15)8(16)7-9-11-12-10-7/h3-6H2,1-2H3,(H,9,10,11,12). The molecule has 1 saturated heterocycles. The molecule has 1 aliphatic heterocycles. The first kappa shape index (κ1) is 13.8. The van der Waals surface area contributed by atoms with Gasteiger partial charge in [-0.15, -0.1) is 10.2 Å². The molecule has 2 heterocycles. The molecule has 0 atom stereocenters. The largest absolute Gasteiger partial charge is 0.333 e. The molecule has 0 radical (unpaired) electrons. The molecule has 1 aliphatic rings. The first-order chi connectivity index (χ1) is 8.93. The Bertz CT molecular complexity index is 533.